The lowest BCUT2D eigenvalue weighted by Gasteiger charge is -2.41. The monoisotopic (exact) mass is 478 g/mol. The molecular formula is C25H32F6O2. The van der Waals surface area contributed by atoms with E-state index in [1.807, 2.05) is 0 Å². The third-order valence-corrected chi connectivity index (χ3v) is 7.58. The predicted molar refractivity (Wildman–Crippen MR) is 114 cm³/mol. The highest BCUT2D eigenvalue weighted by Gasteiger charge is 2.68. The molecule has 2 N–H and O–H groups in total. The van der Waals surface area contributed by atoms with Gasteiger partial charge in [0.1, 0.15) is 0 Å². The standard InChI is InChI=1S/C25H32F6O2/c1-22-14-5-7-18(11-10-17-6-4-9-20(32)16-17)21(22)13-12-19(22)8-2-3-15-23(33,24(26,27)28)25(29,30)31/h3,10-12,15,20-21,32-33H,2,4-9,13-14,16H2,1H3/b15-3+,17-10-,18-11+/t20-,21?,22+/m0/s1. The van der Waals surface area contributed by atoms with Crippen molar-refractivity contribution in [2.45, 2.75) is 95.2 Å². The minimum atomic E-state index is -5.84. The average molecular weight is 479 g/mol. The van der Waals surface area contributed by atoms with Crippen molar-refractivity contribution >= 4 is 0 Å². The van der Waals surface area contributed by atoms with Gasteiger partial charge in [-0.1, -0.05) is 47.9 Å². The van der Waals surface area contributed by atoms with Crippen molar-refractivity contribution in [1.82, 2.24) is 0 Å². The molecule has 0 heterocycles. The summed E-state index contributed by atoms with van der Waals surface area (Å²) in [6.07, 6.45) is 2.56. The van der Waals surface area contributed by atoms with Crippen molar-refractivity contribution < 1.29 is 36.6 Å². The van der Waals surface area contributed by atoms with Crippen LogP contribution in [0.4, 0.5) is 26.3 Å². The number of allylic oxidation sites excluding steroid dienone is 6. The van der Waals surface area contributed by atoms with Gasteiger partial charge in [-0.2, -0.15) is 26.3 Å². The molecule has 0 aromatic carbocycles. The van der Waals surface area contributed by atoms with Gasteiger partial charge in [-0.05, 0) is 81.6 Å². The zero-order valence-electron chi connectivity index (χ0n) is 18.8. The Hall–Kier alpha value is -1.54. The van der Waals surface area contributed by atoms with E-state index in [4.69, 9.17) is 0 Å². The summed E-state index contributed by atoms with van der Waals surface area (Å²) in [6.45, 7) is 2.13. The third-order valence-electron chi connectivity index (χ3n) is 7.58. The summed E-state index contributed by atoms with van der Waals surface area (Å²) in [5.41, 5.74) is -1.37. The van der Waals surface area contributed by atoms with Gasteiger partial charge in [-0.25, -0.2) is 0 Å². The SMILES string of the molecule is C[C@]12CCC/C(=C\C=C3\CCC[C@H](O)C3)C1CC=C2CC/C=C/C(O)(C(F)(F)F)C(F)(F)F. The lowest BCUT2D eigenvalue weighted by Crippen LogP contribution is -2.55. The number of halogens is 6. The molecule has 8 heteroatoms. The number of rotatable bonds is 5. The Balaban J connectivity index is 1.66. The molecule has 186 valence electrons. The summed E-state index contributed by atoms with van der Waals surface area (Å²) < 4.78 is 76.9. The van der Waals surface area contributed by atoms with E-state index in [0.29, 0.717) is 12.8 Å². The highest BCUT2D eigenvalue weighted by atomic mass is 19.4. The maximum absolute atomic E-state index is 12.8. The van der Waals surface area contributed by atoms with Crippen LogP contribution in [0.3, 0.4) is 0 Å². The van der Waals surface area contributed by atoms with Crippen LogP contribution in [0.15, 0.2) is 47.1 Å². The highest BCUT2D eigenvalue weighted by molar-refractivity contribution is 5.34. The summed E-state index contributed by atoms with van der Waals surface area (Å²) >= 11 is 0. The lowest BCUT2D eigenvalue weighted by molar-refractivity contribution is -0.347. The second-order valence-electron chi connectivity index (χ2n) is 9.81. The molecule has 33 heavy (non-hydrogen) atoms. The molecule has 3 rings (SSSR count). The summed E-state index contributed by atoms with van der Waals surface area (Å²) in [7, 11) is 0. The van der Waals surface area contributed by atoms with E-state index in [-0.39, 0.29) is 29.9 Å². The Morgan fingerprint density at radius 3 is 2.39 bits per heavy atom. The molecule has 0 radical (unpaired) electrons. The fourth-order valence-electron chi connectivity index (χ4n) is 5.58. The van der Waals surface area contributed by atoms with Crippen molar-refractivity contribution in [3.05, 3.63) is 47.1 Å². The third kappa shape index (κ3) is 5.42. The van der Waals surface area contributed by atoms with Gasteiger partial charge in [-0.3, -0.25) is 0 Å². The lowest BCUT2D eigenvalue weighted by atomic mass is 9.63. The van der Waals surface area contributed by atoms with Gasteiger partial charge in [0.2, 0.25) is 0 Å². The van der Waals surface area contributed by atoms with Gasteiger partial charge in [0.15, 0.2) is 0 Å². The van der Waals surface area contributed by atoms with E-state index in [0.717, 1.165) is 56.6 Å². The minimum Gasteiger partial charge on any atom is -0.393 e. The first kappa shape index (κ1) is 26.1. The second kappa shape index (κ2) is 9.61. The Morgan fingerprint density at radius 1 is 1.06 bits per heavy atom. The van der Waals surface area contributed by atoms with Gasteiger partial charge in [0, 0.05) is 0 Å². The van der Waals surface area contributed by atoms with Crippen LogP contribution in [-0.2, 0) is 0 Å². The van der Waals surface area contributed by atoms with Crippen LogP contribution in [-0.4, -0.2) is 34.3 Å². The van der Waals surface area contributed by atoms with Crippen LogP contribution in [0.1, 0.15) is 71.1 Å². The molecular weight excluding hydrogens is 446 g/mol. The summed E-state index contributed by atoms with van der Waals surface area (Å²) in [5, 5.41) is 19.1. The molecule has 0 aliphatic heterocycles. The van der Waals surface area contributed by atoms with E-state index >= 15 is 0 Å². The predicted octanol–water partition coefficient (Wildman–Crippen LogP) is 7.10. The molecule has 2 nitrogen and oxygen atoms in total. The number of alkyl halides is 6. The van der Waals surface area contributed by atoms with Crippen LogP contribution in [0, 0.1) is 11.3 Å². The number of hydrogen-bond acceptors (Lipinski definition) is 2. The zero-order chi connectivity index (χ0) is 24.5. The van der Waals surface area contributed by atoms with Crippen LogP contribution in [0.25, 0.3) is 0 Å². The van der Waals surface area contributed by atoms with Gasteiger partial charge >= 0.3 is 12.4 Å². The summed E-state index contributed by atoms with van der Waals surface area (Å²) in [5.74, 6) is 0.276. The molecule has 0 spiro atoms. The normalized spacial score (nSPS) is 32.0. The van der Waals surface area contributed by atoms with Crippen molar-refractivity contribution in [3.63, 3.8) is 0 Å². The molecule has 2 fully saturated rings. The van der Waals surface area contributed by atoms with Gasteiger partial charge in [0.25, 0.3) is 5.60 Å². The van der Waals surface area contributed by atoms with Crippen molar-refractivity contribution in [2.24, 2.45) is 11.3 Å². The summed E-state index contributed by atoms with van der Waals surface area (Å²) in [6, 6.07) is 0. The number of fused-ring (bicyclic) bond motifs is 1. The Kier molecular flexibility index (Phi) is 7.59. The molecule has 3 aliphatic rings. The van der Waals surface area contributed by atoms with E-state index in [1.54, 1.807) is 0 Å². The fraction of sp³-hybridized carbons (Fsp3) is 0.680. The largest absolute Gasteiger partial charge is 0.429 e. The zero-order valence-corrected chi connectivity index (χ0v) is 18.8. The first-order valence-electron chi connectivity index (χ1n) is 11.6. The van der Waals surface area contributed by atoms with Crippen LogP contribution in [0.5, 0.6) is 0 Å². The molecule has 0 saturated heterocycles. The van der Waals surface area contributed by atoms with Gasteiger partial charge in [-0.15, -0.1) is 0 Å². The van der Waals surface area contributed by atoms with Crippen molar-refractivity contribution in [2.75, 3.05) is 0 Å². The number of aliphatic hydroxyl groups excluding tert-OH is 1. The molecule has 0 aromatic rings. The van der Waals surface area contributed by atoms with Crippen LogP contribution < -0.4 is 0 Å². The fourth-order valence-corrected chi connectivity index (χ4v) is 5.58. The molecule has 0 bridgehead atoms. The Morgan fingerprint density at radius 2 is 1.76 bits per heavy atom. The van der Waals surface area contributed by atoms with E-state index < -0.39 is 18.0 Å². The Bertz CT molecular complexity index is 819. The smallest absolute Gasteiger partial charge is 0.393 e. The summed E-state index contributed by atoms with van der Waals surface area (Å²) in [4.78, 5) is 0. The van der Waals surface area contributed by atoms with E-state index in [9.17, 15) is 36.6 Å². The quantitative estimate of drug-likeness (QED) is 0.327. The van der Waals surface area contributed by atoms with Gasteiger partial charge < -0.3 is 10.2 Å². The number of hydrogen-bond donors (Lipinski definition) is 2. The molecule has 0 amide bonds. The molecule has 1 unspecified atom stereocenters. The second-order valence-corrected chi connectivity index (χ2v) is 9.81. The molecule has 3 aliphatic carbocycles. The van der Waals surface area contributed by atoms with Crippen molar-refractivity contribution in [1.29, 1.82) is 0 Å². The van der Waals surface area contributed by atoms with Crippen LogP contribution >= 0.6 is 0 Å². The first-order valence-corrected chi connectivity index (χ1v) is 11.6. The number of aliphatic hydroxyl groups is 2. The molecule has 3 atom stereocenters. The maximum Gasteiger partial charge on any atom is 0.429 e. The Labute approximate surface area is 190 Å². The minimum absolute atomic E-state index is 0.0103. The van der Waals surface area contributed by atoms with Crippen molar-refractivity contribution in [3.8, 4) is 0 Å². The maximum atomic E-state index is 12.8. The average Bonchev–Trinajstić information content (AvgIpc) is 3.04. The van der Waals surface area contributed by atoms with Gasteiger partial charge in [0.05, 0.1) is 6.10 Å². The topological polar surface area (TPSA) is 40.5 Å². The van der Waals surface area contributed by atoms with E-state index in [1.165, 1.54) is 11.1 Å². The molecule has 0 aromatic heterocycles. The molecule has 2 saturated carbocycles. The van der Waals surface area contributed by atoms with E-state index in [2.05, 4.69) is 25.2 Å². The van der Waals surface area contributed by atoms with Crippen LogP contribution in [0.2, 0.25) is 0 Å². The highest BCUT2D eigenvalue weighted by Crippen LogP contribution is 2.56. The first-order chi connectivity index (χ1) is 15.3.